The van der Waals surface area contributed by atoms with E-state index in [0.717, 1.165) is 10.2 Å². The summed E-state index contributed by atoms with van der Waals surface area (Å²) in [7, 11) is 1.58. The maximum Gasteiger partial charge on any atom is 0.338 e. The molecule has 0 N–H and O–H groups in total. The highest BCUT2D eigenvalue weighted by Crippen LogP contribution is 2.20. The van der Waals surface area contributed by atoms with Crippen molar-refractivity contribution in [1.29, 1.82) is 0 Å². The van der Waals surface area contributed by atoms with Crippen molar-refractivity contribution in [2.24, 2.45) is 4.99 Å². The van der Waals surface area contributed by atoms with Gasteiger partial charge in [0.15, 0.2) is 11.4 Å². The van der Waals surface area contributed by atoms with Gasteiger partial charge in [0.25, 0.3) is 5.91 Å². The molecule has 3 aromatic rings. The molecule has 0 aliphatic carbocycles. The number of ether oxygens (including phenoxy) is 3. The van der Waals surface area contributed by atoms with Crippen LogP contribution in [-0.2, 0) is 16.1 Å². The van der Waals surface area contributed by atoms with Crippen molar-refractivity contribution in [2.75, 3.05) is 20.3 Å². The van der Waals surface area contributed by atoms with Gasteiger partial charge in [0.05, 0.1) is 29.5 Å². The second kappa shape index (κ2) is 9.89. The van der Waals surface area contributed by atoms with E-state index in [0.29, 0.717) is 35.0 Å². The zero-order valence-corrected chi connectivity index (χ0v) is 17.6. The third-order valence-electron chi connectivity index (χ3n) is 4.15. The van der Waals surface area contributed by atoms with Gasteiger partial charge >= 0.3 is 5.97 Å². The standard InChI is InChI=1S/C22H22N2O5S/c1-4-12-24-18-11-6-15(21(26)28-5-2)13-19(18)30-22(24)23-20(25)14-29-17-9-7-16(27-3)8-10-17/h4,6-11,13H,1,5,12,14H2,2-3H3. The summed E-state index contributed by atoms with van der Waals surface area (Å²) in [4.78, 5) is 29.1. The fourth-order valence-corrected chi connectivity index (χ4v) is 3.86. The van der Waals surface area contributed by atoms with Crippen LogP contribution in [0.25, 0.3) is 10.2 Å². The van der Waals surface area contributed by atoms with Gasteiger partial charge in [0.1, 0.15) is 11.5 Å². The van der Waals surface area contributed by atoms with Crippen molar-refractivity contribution in [1.82, 2.24) is 4.57 Å². The van der Waals surface area contributed by atoms with Crippen molar-refractivity contribution in [3.8, 4) is 11.5 Å². The van der Waals surface area contributed by atoms with E-state index in [2.05, 4.69) is 11.6 Å². The molecular formula is C22H22N2O5S. The van der Waals surface area contributed by atoms with Crippen LogP contribution in [-0.4, -0.2) is 36.8 Å². The zero-order chi connectivity index (χ0) is 21.5. The molecule has 0 bridgehead atoms. The van der Waals surface area contributed by atoms with Crippen LogP contribution in [0.2, 0.25) is 0 Å². The van der Waals surface area contributed by atoms with Gasteiger partial charge in [-0.25, -0.2) is 4.79 Å². The molecule has 0 radical (unpaired) electrons. The summed E-state index contributed by atoms with van der Waals surface area (Å²) in [6.45, 7) is 6.12. The van der Waals surface area contributed by atoms with Gasteiger partial charge in [-0.2, -0.15) is 4.99 Å². The second-order valence-corrected chi connectivity index (χ2v) is 7.17. The monoisotopic (exact) mass is 426 g/mol. The summed E-state index contributed by atoms with van der Waals surface area (Å²) >= 11 is 1.32. The van der Waals surface area contributed by atoms with Crippen molar-refractivity contribution in [3.63, 3.8) is 0 Å². The molecule has 0 spiro atoms. The topological polar surface area (TPSA) is 79.1 Å². The predicted octanol–water partition coefficient (Wildman–Crippen LogP) is 3.58. The maximum atomic E-state index is 12.4. The van der Waals surface area contributed by atoms with Crippen molar-refractivity contribution >= 4 is 33.4 Å². The number of amides is 1. The Bertz CT molecular complexity index is 1130. The average Bonchev–Trinajstić information content (AvgIpc) is 3.09. The van der Waals surface area contributed by atoms with Crippen LogP contribution < -0.4 is 14.3 Å². The molecule has 2 aromatic carbocycles. The number of aromatic nitrogens is 1. The van der Waals surface area contributed by atoms with Crippen LogP contribution in [0.3, 0.4) is 0 Å². The lowest BCUT2D eigenvalue weighted by molar-refractivity contribution is -0.120. The first-order chi connectivity index (χ1) is 14.5. The Morgan fingerprint density at radius 3 is 2.57 bits per heavy atom. The Balaban J connectivity index is 1.85. The maximum absolute atomic E-state index is 12.4. The molecule has 7 nitrogen and oxygen atoms in total. The Morgan fingerprint density at radius 1 is 1.17 bits per heavy atom. The van der Waals surface area contributed by atoms with Gasteiger partial charge < -0.3 is 18.8 Å². The molecule has 1 aromatic heterocycles. The summed E-state index contributed by atoms with van der Waals surface area (Å²) in [5, 5.41) is 0. The lowest BCUT2D eigenvalue weighted by Gasteiger charge is -2.05. The van der Waals surface area contributed by atoms with E-state index in [4.69, 9.17) is 14.2 Å². The average molecular weight is 426 g/mol. The Hall–Kier alpha value is -3.39. The van der Waals surface area contributed by atoms with Crippen LogP contribution in [0.4, 0.5) is 0 Å². The zero-order valence-electron chi connectivity index (χ0n) is 16.8. The van der Waals surface area contributed by atoms with E-state index in [1.54, 1.807) is 56.5 Å². The second-order valence-electron chi connectivity index (χ2n) is 6.16. The highest BCUT2D eigenvalue weighted by molar-refractivity contribution is 7.16. The third-order valence-corrected chi connectivity index (χ3v) is 5.19. The normalized spacial score (nSPS) is 11.3. The fourth-order valence-electron chi connectivity index (χ4n) is 2.76. The number of rotatable bonds is 8. The molecule has 0 unspecified atom stereocenters. The highest BCUT2D eigenvalue weighted by Gasteiger charge is 2.12. The summed E-state index contributed by atoms with van der Waals surface area (Å²) in [5.74, 6) is 0.455. The number of hydrogen-bond donors (Lipinski definition) is 0. The van der Waals surface area contributed by atoms with E-state index < -0.39 is 5.91 Å². The SMILES string of the molecule is C=CCn1c(=NC(=O)COc2ccc(OC)cc2)sc2cc(C(=O)OCC)ccc21. The molecule has 1 amide bonds. The van der Waals surface area contributed by atoms with Crippen LogP contribution >= 0.6 is 11.3 Å². The summed E-state index contributed by atoms with van der Waals surface area (Å²) in [6, 6.07) is 12.2. The number of allylic oxidation sites excluding steroid dienone is 1. The largest absolute Gasteiger partial charge is 0.497 e. The van der Waals surface area contributed by atoms with Crippen LogP contribution in [0.1, 0.15) is 17.3 Å². The number of fused-ring (bicyclic) bond motifs is 1. The summed E-state index contributed by atoms with van der Waals surface area (Å²) < 4.78 is 18.3. The minimum absolute atomic E-state index is 0.192. The molecule has 3 rings (SSSR count). The molecule has 0 fully saturated rings. The van der Waals surface area contributed by atoms with E-state index in [-0.39, 0.29) is 12.6 Å². The first-order valence-corrected chi connectivity index (χ1v) is 10.1. The smallest absolute Gasteiger partial charge is 0.338 e. The van der Waals surface area contributed by atoms with Crippen LogP contribution in [0.5, 0.6) is 11.5 Å². The Labute approximate surface area is 177 Å². The number of esters is 1. The molecule has 8 heteroatoms. The Kier molecular flexibility index (Phi) is 7.03. The lowest BCUT2D eigenvalue weighted by atomic mass is 10.2. The molecule has 30 heavy (non-hydrogen) atoms. The minimum atomic E-state index is -0.416. The fraction of sp³-hybridized carbons (Fsp3) is 0.227. The van der Waals surface area contributed by atoms with E-state index in [1.807, 2.05) is 10.6 Å². The molecule has 0 aliphatic rings. The number of methoxy groups -OCH3 is 1. The van der Waals surface area contributed by atoms with Crippen molar-refractivity contribution in [2.45, 2.75) is 13.5 Å². The molecule has 0 aliphatic heterocycles. The van der Waals surface area contributed by atoms with Crippen LogP contribution in [0.15, 0.2) is 60.1 Å². The molecule has 156 valence electrons. The Morgan fingerprint density at radius 2 is 1.90 bits per heavy atom. The number of carbonyl (C=O) groups is 2. The molecule has 1 heterocycles. The van der Waals surface area contributed by atoms with Gasteiger partial charge in [0.2, 0.25) is 0 Å². The first-order valence-electron chi connectivity index (χ1n) is 9.31. The van der Waals surface area contributed by atoms with Crippen LogP contribution in [0, 0.1) is 0 Å². The summed E-state index contributed by atoms with van der Waals surface area (Å²) in [6.07, 6.45) is 1.72. The van der Waals surface area contributed by atoms with E-state index in [9.17, 15) is 9.59 Å². The van der Waals surface area contributed by atoms with Gasteiger partial charge in [-0.1, -0.05) is 17.4 Å². The number of benzene rings is 2. The summed E-state index contributed by atoms with van der Waals surface area (Å²) in [5.41, 5.74) is 1.31. The first kappa shape index (κ1) is 21.3. The van der Waals surface area contributed by atoms with Gasteiger partial charge in [-0.3, -0.25) is 4.79 Å². The number of carbonyl (C=O) groups excluding carboxylic acids is 2. The number of hydrogen-bond acceptors (Lipinski definition) is 6. The van der Waals surface area contributed by atoms with E-state index in [1.165, 1.54) is 11.3 Å². The molecular weight excluding hydrogens is 404 g/mol. The molecule has 0 atom stereocenters. The quantitative estimate of drug-likeness (QED) is 0.406. The molecule has 0 saturated heterocycles. The lowest BCUT2D eigenvalue weighted by Crippen LogP contribution is -2.19. The minimum Gasteiger partial charge on any atom is -0.497 e. The van der Waals surface area contributed by atoms with E-state index >= 15 is 0 Å². The van der Waals surface area contributed by atoms with Gasteiger partial charge in [-0.15, -0.1) is 6.58 Å². The third kappa shape index (κ3) is 4.96. The number of thiazole rings is 1. The molecule has 0 saturated carbocycles. The van der Waals surface area contributed by atoms with Crippen molar-refractivity contribution in [3.05, 3.63) is 65.5 Å². The van der Waals surface area contributed by atoms with Gasteiger partial charge in [0, 0.05) is 6.54 Å². The highest BCUT2D eigenvalue weighted by atomic mass is 32.1. The number of nitrogens with zero attached hydrogens (tertiary/aromatic N) is 2. The predicted molar refractivity (Wildman–Crippen MR) is 115 cm³/mol. The van der Waals surface area contributed by atoms with Crippen molar-refractivity contribution < 1.29 is 23.8 Å². The van der Waals surface area contributed by atoms with Gasteiger partial charge in [-0.05, 0) is 49.4 Å².